The zero-order valence-electron chi connectivity index (χ0n) is 11.1. The Bertz CT molecular complexity index is 536. The van der Waals surface area contributed by atoms with E-state index in [2.05, 4.69) is 13.8 Å². The first kappa shape index (κ1) is 15.3. The zero-order valence-corrected chi connectivity index (χ0v) is 13.6. The van der Waals surface area contributed by atoms with Gasteiger partial charge in [0.25, 0.3) is 0 Å². The molecule has 0 bridgehead atoms. The number of aliphatic hydroxyl groups excluding tert-OH is 1. The zero-order chi connectivity index (χ0) is 14.1. The maximum Gasteiger partial charge on any atom is 0.243 e. The minimum atomic E-state index is -3.41. The molecule has 4 nitrogen and oxygen atoms in total. The van der Waals surface area contributed by atoms with E-state index >= 15 is 0 Å². The molecule has 7 heteroatoms. The number of aliphatic hydroxyl groups is 1. The Labute approximate surface area is 122 Å². The largest absolute Gasteiger partial charge is 0.391 e. The highest BCUT2D eigenvalue weighted by Crippen LogP contribution is 2.33. The fraction of sp³-hybridized carbons (Fsp3) is 0.667. The Hall–Kier alpha value is -0.0800. The van der Waals surface area contributed by atoms with E-state index in [0.29, 0.717) is 22.9 Å². The molecule has 2 rings (SSSR count). The van der Waals surface area contributed by atoms with Crippen LogP contribution in [0.15, 0.2) is 16.3 Å². The first-order valence-electron chi connectivity index (χ1n) is 6.17. The molecule has 1 aromatic heterocycles. The smallest absolute Gasteiger partial charge is 0.243 e. The lowest BCUT2D eigenvalue weighted by atomic mass is 10.1. The maximum atomic E-state index is 12.5. The molecule has 0 spiro atoms. The molecular formula is C12H19NO3S3. The van der Waals surface area contributed by atoms with Gasteiger partial charge in [-0.3, -0.25) is 0 Å². The molecule has 1 saturated heterocycles. The summed E-state index contributed by atoms with van der Waals surface area (Å²) in [7, 11) is -3.41. The number of thiophene rings is 1. The van der Waals surface area contributed by atoms with Crippen molar-refractivity contribution in [3.8, 4) is 0 Å². The van der Waals surface area contributed by atoms with Crippen molar-refractivity contribution in [2.45, 2.75) is 36.5 Å². The van der Waals surface area contributed by atoms with Crippen LogP contribution in [-0.2, 0) is 16.6 Å². The van der Waals surface area contributed by atoms with Crippen LogP contribution in [0.5, 0.6) is 0 Å². The molecule has 0 aliphatic carbocycles. The van der Waals surface area contributed by atoms with Crippen molar-refractivity contribution in [3.63, 3.8) is 0 Å². The lowest BCUT2D eigenvalue weighted by Gasteiger charge is -2.22. The molecule has 1 fully saturated rings. The molecule has 19 heavy (non-hydrogen) atoms. The topological polar surface area (TPSA) is 57.6 Å². The average molecular weight is 321 g/mol. The van der Waals surface area contributed by atoms with Crippen LogP contribution in [0.25, 0.3) is 0 Å². The van der Waals surface area contributed by atoms with E-state index in [1.54, 1.807) is 15.8 Å². The van der Waals surface area contributed by atoms with Crippen molar-refractivity contribution in [1.29, 1.82) is 0 Å². The molecule has 0 radical (unpaired) electrons. The van der Waals surface area contributed by atoms with Gasteiger partial charge < -0.3 is 5.11 Å². The number of nitrogens with zero attached hydrogens (tertiary/aromatic N) is 1. The first-order chi connectivity index (χ1) is 8.85. The van der Waals surface area contributed by atoms with Gasteiger partial charge in [0.2, 0.25) is 10.0 Å². The summed E-state index contributed by atoms with van der Waals surface area (Å²) in [6.45, 7) is 5.32. The second-order valence-electron chi connectivity index (χ2n) is 5.17. The highest BCUT2D eigenvalue weighted by molar-refractivity contribution is 8.00. The SMILES string of the molecule is CC1(C)CCN(S(=O)(=O)c2csc(CO)c2)CCS1. The number of thioether (sulfide) groups is 1. The third-order valence-corrected chi connectivity index (χ3v) is 7.54. The number of rotatable bonds is 3. The molecule has 0 amide bonds. The molecule has 1 N–H and O–H groups in total. The van der Waals surface area contributed by atoms with Crippen LogP contribution in [0.2, 0.25) is 0 Å². The van der Waals surface area contributed by atoms with E-state index in [9.17, 15) is 8.42 Å². The van der Waals surface area contributed by atoms with Crippen molar-refractivity contribution in [1.82, 2.24) is 4.31 Å². The second kappa shape index (κ2) is 5.73. The Balaban J connectivity index is 2.20. The van der Waals surface area contributed by atoms with Gasteiger partial charge in [0.15, 0.2) is 0 Å². The van der Waals surface area contributed by atoms with Gasteiger partial charge in [0, 0.05) is 33.8 Å². The van der Waals surface area contributed by atoms with Crippen LogP contribution < -0.4 is 0 Å². The van der Waals surface area contributed by atoms with Crippen molar-refractivity contribution in [3.05, 3.63) is 16.3 Å². The molecule has 0 aromatic carbocycles. The van der Waals surface area contributed by atoms with E-state index in [1.165, 1.54) is 11.3 Å². The monoisotopic (exact) mass is 321 g/mol. The van der Waals surface area contributed by atoms with Gasteiger partial charge in [0.1, 0.15) is 0 Å². The van der Waals surface area contributed by atoms with Crippen LogP contribution in [-0.4, -0.2) is 41.4 Å². The van der Waals surface area contributed by atoms with Crippen LogP contribution in [0.3, 0.4) is 0 Å². The maximum absolute atomic E-state index is 12.5. The minimum Gasteiger partial charge on any atom is -0.391 e. The van der Waals surface area contributed by atoms with Crippen molar-refractivity contribution in [2.24, 2.45) is 0 Å². The molecule has 1 aromatic rings. The summed E-state index contributed by atoms with van der Waals surface area (Å²) in [5.74, 6) is 0.823. The number of hydrogen-bond donors (Lipinski definition) is 1. The van der Waals surface area contributed by atoms with Gasteiger partial charge in [-0.1, -0.05) is 13.8 Å². The molecule has 1 aliphatic rings. The van der Waals surface area contributed by atoms with Gasteiger partial charge in [-0.25, -0.2) is 8.42 Å². The predicted molar refractivity (Wildman–Crippen MR) is 80.2 cm³/mol. The van der Waals surface area contributed by atoms with E-state index in [-0.39, 0.29) is 11.4 Å². The van der Waals surface area contributed by atoms with Gasteiger partial charge in [-0.15, -0.1) is 11.3 Å². The second-order valence-corrected chi connectivity index (χ2v) is 9.90. The summed E-state index contributed by atoms with van der Waals surface area (Å²) < 4.78 is 26.7. The Kier molecular flexibility index (Phi) is 4.62. The quantitative estimate of drug-likeness (QED) is 0.927. The standard InChI is InChI=1S/C12H19NO3S3/c1-12(2)3-4-13(5-6-18-12)19(15,16)11-7-10(8-14)17-9-11/h7,9,14H,3-6,8H2,1-2H3. The molecule has 1 aliphatic heterocycles. The summed E-state index contributed by atoms with van der Waals surface area (Å²) in [5.41, 5.74) is 0. The van der Waals surface area contributed by atoms with Gasteiger partial charge in [0.05, 0.1) is 11.5 Å². The van der Waals surface area contributed by atoms with Crippen LogP contribution in [0.1, 0.15) is 25.1 Å². The molecular weight excluding hydrogens is 302 g/mol. The van der Waals surface area contributed by atoms with E-state index in [0.717, 1.165) is 12.2 Å². The van der Waals surface area contributed by atoms with Crippen molar-refractivity contribution in [2.75, 3.05) is 18.8 Å². The summed E-state index contributed by atoms with van der Waals surface area (Å²) in [4.78, 5) is 0.995. The molecule has 0 unspecified atom stereocenters. The predicted octanol–water partition coefficient (Wildman–Crippen LogP) is 2.15. The van der Waals surface area contributed by atoms with Crippen LogP contribution in [0.4, 0.5) is 0 Å². The summed E-state index contributed by atoms with van der Waals surface area (Å²) >= 11 is 3.11. The van der Waals surface area contributed by atoms with E-state index < -0.39 is 10.0 Å². The van der Waals surface area contributed by atoms with Gasteiger partial charge >= 0.3 is 0 Å². The van der Waals surface area contributed by atoms with E-state index in [4.69, 9.17) is 5.11 Å². The third-order valence-electron chi connectivity index (χ3n) is 3.22. The fourth-order valence-corrected chi connectivity index (χ4v) is 5.75. The van der Waals surface area contributed by atoms with Gasteiger partial charge in [-0.05, 0) is 12.5 Å². The molecule has 2 heterocycles. The fourth-order valence-electron chi connectivity index (χ4n) is 1.97. The minimum absolute atomic E-state index is 0.108. The van der Waals surface area contributed by atoms with E-state index in [1.807, 2.05) is 11.8 Å². The Morgan fingerprint density at radius 2 is 2.16 bits per heavy atom. The molecule has 0 atom stereocenters. The van der Waals surface area contributed by atoms with Gasteiger partial charge in [-0.2, -0.15) is 16.1 Å². The number of hydrogen-bond acceptors (Lipinski definition) is 5. The summed E-state index contributed by atoms with van der Waals surface area (Å²) in [6, 6.07) is 1.57. The highest BCUT2D eigenvalue weighted by atomic mass is 32.2. The lowest BCUT2D eigenvalue weighted by Crippen LogP contribution is -2.33. The first-order valence-corrected chi connectivity index (χ1v) is 9.48. The number of sulfonamides is 1. The Morgan fingerprint density at radius 1 is 1.42 bits per heavy atom. The molecule has 0 saturated carbocycles. The van der Waals surface area contributed by atoms with Crippen molar-refractivity contribution >= 4 is 33.1 Å². The Morgan fingerprint density at radius 3 is 2.79 bits per heavy atom. The van der Waals surface area contributed by atoms with Crippen molar-refractivity contribution < 1.29 is 13.5 Å². The lowest BCUT2D eigenvalue weighted by molar-refractivity contribution is 0.285. The molecule has 108 valence electrons. The third kappa shape index (κ3) is 3.52. The summed E-state index contributed by atoms with van der Waals surface area (Å²) in [6.07, 6.45) is 0.855. The van der Waals surface area contributed by atoms with Crippen LogP contribution >= 0.6 is 23.1 Å². The summed E-state index contributed by atoms with van der Waals surface area (Å²) in [5, 5.41) is 10.7. The average Bonchev–Trinajstić information content (AvgIpc) is 2.75. The van der Waals surface area contributed by atoms with Crippen LogP contribution in [0, 0.1) is 0 Å². The normalized spacial score (nSPS) is 21.2. The highest BCUT2D eigenvalue weighted by Gasteiger charge is 2.31.